The van der Waals surface area contributed by atoms with Crippen molar-refractivity contribution in [2.24, 2.45) is 11.8 Å². The van der Waals surface area contributed by atoms with Crippen molar-refractivity contribution in [1.82, 2.24) is 9.80 Å². The molecule has 16 heavy (non-hydrogen) atoms. The molecule has 0 bridgehead atoms. The van der Waals surface area contributed by atoms with E-state index >= 15 is 0 Å². The molecule has 3 nitrogen and oxygen atoms in total. The van der Waals surface area contributed by atoms with Gasteiger partial charge in [-0.15, -0.1) is 0 Å². The van der Waals surface area contributed by atoms with Gasteiger partial charge in [0, 0.05) is 25.0 Å². The molecule has 2 fully saturated rings. The van der Waals surface area contributed by atoms with E-state index in [1.807, 2.05) is 4.90 Å². The fourth-order valence-corrected chi connectivity index (χ4v) is 2.80. The summed E-state index contributed by atoms with van der Waals surface area (Å²) in [7, 11) is 0. The molecule has 0 N–H and O–H groups in total. The number of amides is 1. The summed E-state index contributed by atoms with van der Waals surface area (Å²) in [4.78, 5) is 16.6. The van der Waals surface area contributed by atoms with Gasteiger partial charge in [-0.05, 0) is 45.7 Å². The zero-order chi connectivity index (χ0) is 11.7. The van der Waals surface area contributed by atoms with Gasteiger partial charge in [-0.2, -0.15) is 0 Å². The molecule has 0 spiro atoms. The Morgan fingerprint density at radius 1 is 1.19 bits per heavy atom. The smallest absolute Gasteiger partial charge is 0.225 e. The first-order chi connectivity index (χ1) is 7.58. The van der Waals surface area contributed by atoms with Gasteiger partial charge >= 0.3 is 0 Å². The summed E-state index contributed by atoms with van der Waals surface area (Å²) < 4.78 is 0. The van der Waals surface area contributed by atoms with Gasteiger partial charge in [0.25, 0.3) is 0 Å². The number of likely N-dealkylation sites (tertiary alicyclic amines) is 2. The molecular formula is C13H24N2O. The molecule has 0 aromatic rings. The van der Waals surface area contributed by atoms with Gasteiger partial charge in [-0.25, -0.2) is 0 Å². The van der Waals surface area contributed by atoms with Crippen molar-refractivity contribution in [3.05, 3.63) is 0 Å². The highest BCUT2D eigenvalue weighted by atomic mass is 16.2. The van der Waals surface area contributed by atoms with Crippen LogP contribution in [0, 0.1) is 11.8 Å². The van der Waals surface area contributed by atoms with E-state index < -0.39 is 0 Å². The Morgan fingerprint density at radius 3 is 2.19 bits per heavy atom. The largest absolute Gasteiger partial charge is 0.342 e. The van der Waals surface area contributed by atoms with Crippen LogP contribution < -0.4 is 0 Å². The minimum absolute atomic E-state index is 0.308. The Morgan fingerprint density at radius 2 is 1.75 bits per heavy atom. The van der Waals surface area contributed by atoms with Crippen molar-refractivity contribution < 1.29 is 4.79 Å². The second kappa shape index (κ2) is 4.74. The zero-order valence-electron chi connectivity index (χ0n) is 10.8. The van der Waals surface area contributed by atoms with Gasteiger partial charge < -0.3 is 9.80 Å². The van der Waals surface area contributed by atoms with E-state index in [-0.39, 0.29) is 0 Å². The third-order valence-electron chi connectivity index (χ3n) is 3.98. The van der Waals surface area contributed by atoms with Crippen LogP contribution in [0.2, 0.25) is 0 Å². The van der Waals surface area contributed by atoms with E-state index in [1.54, 1.807) is 0 Å². The van der Waals surface area contributed by atoms with Crippen LogP contribution in [0.3, 0.4) is 0 Å². The summed E-state index contributed by atoms with van der Waals surface area (Å²) >= 11 is 0. The predicted octanol–water partition coefficient (Wildman–Crippen LogP) is 1.59. The summed E-state index contributed by atoms with van der Waals surface area (Å²) in [5.74, 6) is 1.45. The lowest BCUT2D eigenvalue weighted by Crippen LogP contribution is -2.52. The average molecular weight is 224 g/mol. The first-order valence-corrected chi connectivity index (χ1v) is 6.60. The summed E-state index contributed by atoms with van der Waals surface area (Å²) in [6, 6.07) is 0.625. The highest BCUT2D eigenvalue weighted by molar-refractivity contribution is 5.79. The topological polar surface area (TPSA) is 23.6 Å². The molecule has 0 aliphatic carbocycles. The number of piperidine rings is 1. The highest BCUT2D eigenvalue weighted by Crippen LogP contribution is 2.24. The van der Waals surface area contributed by atoms with Gasteiger partial charge in [-0.1, -0.05) is 6.92 Å². The van der Waals surface area contributed by atoms with Crippen molar-refractivity contribution in [1.29, 1.82) is 0 Å². The van der Waals surface area contributed by atoms with E-state index in [2.05, 4.69) is 25.7 Å². The Labute approximate surface area is 98.8 Å². The maximum Gasteiger partial charge on any atom is 0.225 e. The highest BCUT2D eigenvalue weighted by Gasteiger charge is 2.34. The molecular weight excluding hydrogens is 200 g/mol. The van der Waals surface area contributed by atoms with Gasteiger partial charge in [-0.3, -0.25) is 4.79 Å². The maximum atomic E-state index is 12.1. The molecule has 3 heteroatoms. The minimum Gasteiger partial charge on any atom is -0.342 e. The molecule has 0 unspecified atom stereocenters. The number of rotatable bonds is 2. The lowest BCUT2D eigenvalue weighted by molar-refractivity contribution is -0.143. The van der Waals surface area contributed by atoms with Crippen molar-refractivity contribution in [2.75, 3.05) is 26.2 Å². The molecule has 0 aromatic heterocycles. The summed E-state index contributed by atoms with van der Waals surface area (Å²) in [6.07, 6.45) is 2.11. The molecule has 0 atom stereocenters. The second-order valence-electron chi connectivity index (χ2n) is 5.75. The molecule has 2 heterocycles. The molecule has 2 aliphatic rings. The monoisotopic (exact) mass is 224 g/mol. The fourth-order valence-electron chi connectivity index (χ4n) is 2.80. The van der Waals surface area contributed by atoms with Crippen LogP contribution in [0.1, 0.15) is 33.6 Å². The molecule has 2 saturated heterocycles. The third-order valence-corrected chi connectivity index (χ3v) is 3.98. The summed E-state index contributed by atoms with van der Waals surface area (Å²) in [5.41, 5.74) is 0. The van der Waals surface area contributed by atoms with Crippen molar-refractivity contribution in [3.8, 4) is 0 Å². The number of hydrogen-bond donors (Lipinski definition) is 0. The first kappa shape index (κ1) is 11.9. The molecule has 1 amide bonds. The lowest BCUT2D eigenvalue weighted by atomic mass is 9.92. The van der Waals surface area contributed by atoms with Crippen LogP contribution in [0.4, 0.5) is 0 Å². The molecule has 2 rings (SSSR count). The van der Waals surface area contributed by atoms with Crippen LogP contribution in [-0.4, -0.2) is 47.9 Å². The standard InChI is InChI=1S/C13H24N2O/c1-10(2)14-6-4-12(5-7-14)13(16)15-8-11(3)9-15/h10-12H,4-9H2,1-3H3. The van der Waals surface area contributed by atoms with Crippen LogP contribution in [-0.2, 0) is 4.79 Å². The van der Waals surface area contributed by atoms with Gasteiger partial charge in [0.1, 0.15) is 0 Å². The number of carbonyl (C=O) groups is 1. The number of carbonyl (C=O) groups excluding carboxylic acids is 1. The van der Waals surface area contributed by atoms with E-state index in [0.717, 1.165) is 44.9 Å². The van der Waals surface area contributed by atoms with E-state index in [0.29, 0.717) is 17.9 Å². The van der Waals surface area contributed by atoms with E-state index in [4.69, 9.17) is 0 Å². The molecule has 92 valence electrons. The number of hydrogen-bond acceptors (Lipinski definition) is 2. The van der Waals surface area contributed by atoms with Gasteiger partial charge in [0.05, 0.1) is 0 Å². The van der Waals surface area contributed by atoms with E-state index in [1.165, 1.54) is 0 Å². The van der Waals surface area contributed by atoms with Crippen LogP contribution in [0.15, 0.2) is 0 Å². The Kier molecular flexibility index (Phi) is 3.53. The van der Waals surface area contributed by atoms with Crippen LogP contribution >= 0.6 is 0 Å². The lowest BCUT2D eigenvalue weighted by Gasteiger charge is -2.41. The summed E-state index contributed by atoms with van der Waals surface area (Å²) in [6.45, 7) is 10.9. The van der Waals surface area contributed by atoms with Gasteiger partial charge in [0.15, 0.2) is 0 Å². The van der Waals surface area contributed by atoms with Crippen molar-refractivity contribution >= 4 is 5.91 Å². The second-order valence-corrected chi connectivity index (χ2v) is 5.75. The molecule has 0 radical (unpaired) electrons. The Hall–Kier alpha value is -0.570. The number of nitrogens with zero attached hydrogens (tertiary/aromatic N) is 2. The Bertz CT molecular complexity index is 251. The Balaban J connectivity index is 1.78. The molecule has 0 saturated carbocycles. The van der Waals surface area contributed by atoms with Gasteiger partial charge in [0.2, 0.25) is 5.91 Å². The van der Waals surface area contributed by atoms with E-state index in [9.17, 15) is 4.79 Å². The quantitative estimate of drug-likeness (QED) is 0.711. The van der Waals surface area contributed by atoms with Crippen LogP contribution in [0.25, 0.3) is 0 Å². The fraction of sp³-hybridized carbons (Fsp3) is 0.923. The van der Waals surface area contributed by atoms with Crippen LogP contribution in [0.5, 0.6) is 0 Å². The SMILES string of the molecule is CC1CN(C(=O)C2CCN(C(C)C)CC2)C1. The minimum atomic E-state index is 0.308. The third kappa shape index (κ3) is 2.40. The zero-order valence-corrected chi connectivity index (χ0v) is 10.8. The average Bonchev–Trinajstić information content (AvgIpc) is 2.24. The normalized spacial score (nSPS) is 24.9. The predicted molar refractivity (Wildman–Crippen MR) is 65.2 cm³/mol. The molecule has 0 aromatic carbocycles. The van der Waals surface area contributed by atoms with Crippen molar-refractivity contribution in [2.45, 2.75) is 39.7 Å². The van der Waals surface area contributed by atoms with Crippen molar-refractivity contribution in [3.63, 3.8) is 0 Å². The maximum absolute atomic E-state index is 12.1. The first-order valence-electron chi connectivity index (χ1n) is 6.60. The summed E-state index contributed by atoms with van der Waals surface area (Å²) in [5, 5.41) is 0. The molecule has 2 aliphatic heterocycles.